The van der Waals surface area contributed by atoms with E-state index in [2.05, 4.69) is 29.6 Å². The summed E-state index contributed by atoms with van der Waals surface area (Å²) in [7, 11) is 0. The van der Waals surface area contributed by atoms with E-state index in [-0.39, 0.29) is 30.3 Å². The Kier molecular flexibility index (Phi) is 7.26. The Morgan fingerprint density at radius 1 is 1.05 bits per heavy atom. The molecule has 2 aliphatic heterocycles. The average molecular weight is 518 g/mol. The fraction of sp³-hybridized carbons (Fsp3) is 0.379. The van der Waals surface area contributed by atoms with Gasteiger partial charge in [0.15, 0.2) is 5.69 Å². The molecule has 0 saturated carbocycles. The minimum atomic E-state index is -1.33. The Hall–Kier alpha value is -4.01. The largest absolute Gasteiger partial charge is 0.351 e. The van der Waals surface area contributed by atoms with Gasteiger partial charge in [-0.2, -0.15) is 5.10 Å². The normalized spacial score (nSPS) is 20.0. The van der Waals surface area contributed by atoms with Gasteiger partial charge in [0.25, 0.3) is 11.8 Å². The maximum Gasteiger partial charge on any atom is 0.275 e. The second-order valence-corrected chi connectivity index (χ2v) is 10.2. The van der Waals surface area contributed by atoms with Crippen LogP contribution in [-0.4, -0.2) is 57.7 Å². The van der Waals surface area contributed by atoms with Crippen LogP contribution in [0.3, 0.4) is 0 Å². The molecular weight excluding hydrogens is 485 g/mol. The number of carbonyl (C=O) groups is 3. The molecule has 38 heavy (non-hydrogen) atoms. The number of nitrogens with zero attached hydrogens (tertiary/aromatic N) is 3. The van der Waals surface area contributed by atoms with Crippen LogP contribution in [0.4, 0.5) is 4.39 Å². The van der Waals surface area contributed by atoms with Crippen molar-refractivity contribution in [2.75, 3.05) is 13.1 Å². The molecule has 1 saturated heterocycles. The maximum absolute atomic E-state index is 14.6. The van der Waals surface area contributed by atoms with E-state index < -0.39 is 30.1 Å². The SMILES string of the molecule is CC(C)c1ccc([C@@H](NC(=O)[C@@H]2C[C@@H](F)CN2C(=O)c2cc3n(n2)CCCNC3=O)c2ccccc2)cc1. The van der Waals surface area contributed by atoms with Crippen LogP contribution < -0.4 is 10.6 Å². The van der Waals surface area contributed by atoms with Gasteiger partial charge < -0.3 is 15.5 Å². The van der Waals surface area contributed by atoms with Crippen LogP contribution in [0.5, 0.6) is 0 Å². The molecule has 1 fully saturated rings. The van der Waals surface area contributed by atoms with E-state index in [1.807, 2.05) is 54.6 Å². The number of halogens is 1. The first-order valence-corrected chi connectivity index (χ1v) is 13.1. The van der Waals surface area contributed by atoms with Crippen LogP contribution in [0, 0.1) is 0 Å². The first-order valence-electron chi connectivity index (χ1n) is 13.1. The number of hydrogen-bond donors (Lipinski definition) is 2. The molecule has 5 rings (SSSR count). The number of aromatic nitrogens is 2. The summed E-state index contributed by atoms with van der Waals surface area (Å²) >= 11 is 0. The standard InChI is InChI=1S/C29H32FN5O3/c1-18(2)19-9-11-21(12-10-19)26(20-7-4-3-5-8-20)32-28(37)24-15-22(30)17-34(24)29(38)23-16-25-27(36)31-13-6-14-35(25)33-23/h3-5,7-12,16,18,22,24,26H,6,13-15,17H2,1-2H3,(H,31,36)(H,32,37)/t22-,24+,26+/m1/s1. The highest BCUT2D eigenvalue weighted by molar-refractivity contribution is 6.00. The fourth-order valence-electron chi connectivity index (χ4n) is 5.12. The van der Waals surface area contributed by atoms with Crippen LogP contribution in [0.1, 0.15) is 76.3 Å². The summed E-state index contributed by atoms with van der Waals surface area (Å²) in [4.78, 5) is 40.6. The number of nitrogens with one attached hydrogen (secondary N) is 2. The van der Waals surface area contributed by atoms with Crippen molar-refractivity contribution in [1.82, 2.24) is 25.3 Å². The highest BCUT2D eigenvalue weighted by Gasteiger charge is 2.42. The smallest absolute Gasteiger partial charge is 0.275 e. The van der Waals surface area contributed by atoms with Crippen molar-refractivity contribution in [3.63, 3.8) is 0 Å². The summed E-state index contributed by atoms with van der Waals surface area (Å²) in [6.45, 7) is 5.06. The Balaban J connectivity index is 1.39. The Morgan fingerprint density at radius 2 is 1.74 bits per heavy atom. The average Bonchev–Trinajstić information content (AvgIpc) is 3.49. The van der Waals surface area contributed by atoms with Gasteiger partial charge in [-0.15, -0.1) is 0 Å². The summed E-state index contributed by atoms with van der Waals surface area (Å²) in [6.07, 6.45) is -0.743. The predicted octanol–water partition coefficient (Wildman–Crippen LogP) is 3.60. The lowest BCUT2D eigenvalue weighted by molar-refractivity contribution is -0.125. The van der Waals surface area contributed by atoms with Gasteiger partial charge in [-0.3, -0.25) is 19.1 Å². The van der Waals surface area contributed by atoms with Gasteiger partial charge in [0.2, 0.25) is 5.91 Å². The van der Waals surface area contributed by atoms with Gasteiger partial charge in [-0.05, 0) is 29.0 Å². The minimum absolute atomic E-state index is 0.0350. The number of carbonyl (C=O) groups excluding carboxylic acids is 3. The van der Waals surface area contributed by atoms with E-state index in [4.69, 9.17) is 0 Å². The molecule has 8 nitrogen and oxygen atoms in total. The molecule has 2 aliphatic rings. The third-order valence-electron chi connectivity index (χ3n) is 7.23. The van der Waals surface area contributed by atoms with Gasteiger partial charge in [-0.25, -0.2) is 4.39 Å². The molecule has 0 bridgehead atoms. The molecule has 198 valence electrons. The van der Waals surface area contributed by atoms with E-state index in [1.54, 1.807) is 0 Å². The zero-order valence-corrected chi connectivity index (χ0v) is 21.6. The monoisotopic (exact) mass is 517 g/mol. The molecule has 0 radical (unpaired) electrons. The molecular formula is C29H32FN5O3. The van der Waals surface area contributed by atoms with Gasteiger partial charge in [0, 0.05) is 25.6 Å². The van der Waals surface area contributed by atoms with Crippen molar-refractivity contribution in [2.45, 2.75) is 57.4 Å². The van der Waals surface area contributed by atoms with Crippen molar-refractivity contribution in [1.29, 1.82) is 0 Å². The van der Waals surface area contributed by atoms with Gasteiger partial charge >= 0.3 is 0 Å². The topological polar surface area (TPSA) is 96.3 Å². The molecule has 3 atom stereocenters. The van der Waals surface area contributed by atoms with Crippen molar-refractivity contribution in [3.05, 3.63) is 88.7 Å². The first-order chi connectivity index (χ1) is 18.3. The number of amides is 3. The number of hydrogen-bond acceptors (Lipinski definition) is 4. The fourth-order valence-corrected chi connectivity index (χ4v) is 5.12. The molecule has 2 N–H and O–H groups in total. The van der Waals surface area contributed by atoms with Crippen molar-refractivity contribution >= 4 is 17.7 Å². The maximum atomic E-state index is 14.6. The number of benzene rings is 2. The summed E-state index contributed by atoms with van der Waals surface area (Å²) in [6, 6.07) is 17.6. The van der Waals surface area contributed by atoms with Crippen LogP contribution in [0.25, 0.3) is 0 Å². The van der Waals surface area contributed by atoms with Crippen LogP contribution >= 0.6 is 0 Å². The van der Waals surface area contributed by atoms with E-state index in [1.165, 1.54) is 21.2 Å². The minimum Gasteiger partial charge on any atom is -0.351 e. The number of aryl methyl sites for hydroxylation is 1. The van der Waals surface area contributed by atoms with Crippen molar-refractivity contribution < 1.29 is 18.8 Å². The number of rotatable bonds is 6. The molecule has 2 aromatic carbocycles. The zero-order chi connectivity index (χ0) is 26.8. The van der Waals surface area contributed by atoms with E-state index >= 15 is 0 Å². The van der Waals surface area contributed by atoms with Gasteiger partial charge in [0.05, 0.1) is 12.6 Å². The molecule has 3 amide bonds. The Bertz CT molecular complexity index is 1320. The van der Waals surface area contributed by atoms with Crippen LogP contribution in [-0.2, 0) is 11.3 Å². The molecule has 9 heteroatoms. The molecule has 0 unspecified atom stereocenters. The van der Waals surface area contributed by atoms with E-state index in [9.17, 15) is 18.8 Å². The summed E-state index contributed by atoms with van der Waals surface area (Å²) in [5.74, 6) is -0.921. The number of likely N-dealkylation sites (tertiary alicyclic amines) is 1. The van der Waals surface area contributed by atoms with Gasteiger partial charge in [0.1, 0.15) is 17.9 Å². The van der Waals surface area contributed by atoms with Gasteiger partial charge in [-0.1, -0.05) is 68.4 Å². The molecule has 0 spiro atoms. The number of fused-ring (bicyclic) bond motifs is 1. The third-order valence-corrected chi connectivity index (χ3v) is 7.23. The summed E-state index contributed by atoms with van der Waals surface area (Å²) < 4.78 is 16.1. The molecule has 0 aliphatic carbocycles. The predicted molar refractivity (Wildman–Crippen MR) is 140 cm³/mol. The summed E-state index contributed by atoms with van der Waals surface area (Å²) in [5.41, 5.74) is 3.29. The Morgan fingerprint density at radius 3 is 2.45 bits per heavy atom. The number of alkyl halides is 1. The van der Waals surface area contributed by atoms with E-state index in [0.717, 1.165) is 11.1 Å². The summed E-state index contributed by atoms with van der Waals surface area (Å²) in [5, 5.41) is 10.2. The zero-order valence-electron chi connectivity index (χ0n) is 21.6. The first kappa shape index (κ1) is 25.6. The van der Waals surface area contributed by atoms with Crippen LogP contribution in [0.15, 0.2) is 60.7 Å². The quantitative estimate of drug-likeness (QED) is 0.522. The highest BCUT2D eigenvalue weighted by atomic mass is 19.1. The Labute approximate surface area is 221 Å². The lowest BCUT2D eigenvalue weighted by Gasteiger charge is -2.26. The molecule has 1 aromatic heterocycles. The highest BCUT2D eigenvalue weighted by Crippen LogP contribution is 2.28. The van der Waals surface area contributed by atoms with Crippen LogP contribution in [0.2, 0.25) is 0 Å². The lowest BCUT2D eigenvalue weighted by Crippen LogP contribution is -2.47. The third kappa shape index (κ3) is 5.18. The van der Waals surface area contributed by atoms with Crippen molar-refractivity contribution in [3.8, 4) is 0 Å². The van der Waals surface area contributed by atoms with E-state index in [0.29, 0.717) is 25.4 Å². The van der Waals surface area contributed by atoms with Crippen molar-refractivity contribution in [2.24, 2.45) is 0 Å². The molecule has 3 aromatic rings. The second kappa shape index (κ2) is 10.8. The second-order valence-electron chi connectivity index (χ2n) is 10.2. The molecule has 3 heterocycles. The lowest BCUT2D eigenvalue weighted by atomic mass is 9.95.